The van der Waals surface area contributed by atoms with Gasteiger partial charge >= 0.3 is 0 Å². The van der Waals surface area contributed by atoms with Crippen LogP contribution >= 0.6 is 12.4 Å². The first kappa shape index (κ1) is 21.9. The topological polar surface area (TPSA) is 83.9 Å². The van der Waals surface area contributed by atoms with Crippen LogP contribution < -0.4 is 10.6 Å². The van der Waals surface area contributed by atoms with Gasteiger partial charge in [0.2, 0.25) is 0 Å². The van der Waals surface area contributed by atoms with E-state index in [0.717, 1.165) is 74.6 Å². The lowest BCUT2D eigenvalue weighted by molar-refractivity contribution is 0.100. The number of piperidine rings is 1. The monoisotopic (exact) mass is 442 g/mol. The van der Waals surface area contributed by atoms with Crippen LogP contribution in [-0.2, 0) is 12.8 Å². The molecule has 1 aliphatic carbocycles. The number of primary amides is 1. The van der Waals surface area contributed by atoms with Gasteiger partial charge in [0.1, 0.15) is 5.82 Å². The van der Waals surface area contributed by atoms with Gasteiger partial charge in [0.05, 0.1) is 16.6 Å². The zero-order valence-corrected chi connectivity index (χ0v) is 18.9. The predicted octanol–water partition coefficient (Wildman–Crippen LogP) is 3.88. The number of hydrogen-bond donors (Lipinski definition) is 2. The third kappa shape index (κ3) is 3.56. The van der Waals surface area contributed by atoms with Crippen LogP contribution in [0.1, 0.15) is 60.5 Å². The molecule has 3 N–H and O–H groups in total. The van der Waals surface area contributed by atoms with E-state index in [-0.39, 0.29) is 30.3 Å². The number of hydrogen-bond acceptors (Lipinski definition) is 4. The highest BCUT2D eigenvalue weighted by Gasteiger charge is 2.33. The smallest absolute Gasteiger partial charge is 0.252 e. The Morgan fingerprint density at radius 3 is 2.48 bits per heavy atom. The van der Waals surface area contributed by atoms with Crippen molar-refractivity contribution in [3.05, 3.63) is 41.0 Å². The van der Waals surface area contributed by atoms with Crippen molar-refractivity contribution in [2.45, 2.75) is 51.9 Å². The molecule has 3 heterocycles. The maximum atomic E-state index is 12.6. The summed E-state index contributed by atoms with van der Waals surface area (Å²) in [5.74, 6) is 0.798. The molecule has 1 aromatic carbocycles. The van der Waals surface area contributed by atoms with Crippen LogP contribution in [0.5, 0.6) is 0 Å². The minimum atomic E-state index is -0.383. The Morgan fingerprint density at radius 2 is 1.81 bits per heavy atom. The maximum absolute atomic E-state index is 12.6. The van der Waals surface area contributed by atoms with Gasteiger partial charge in [-0.2, -0.15) is 0 Å². The number of amides is 1. The van der Waals surface area contributed by atoms with Crippen LogP contribution in [0, 0.1) is 5.41 Å². The molecule has 0 radical (unpaired) electrons. The molecule has 1 fully saturated rings. The molecule has 0 spiro atoms. The summed E-state index contributed by atoms with van der Waals surface area (Å²) >= 11 is 0. The van der Waals surface area contributed by atoms with Crippen molar-refractivity contribution in [2.24, 2.45) is 11.1 Å². The molecule has 0 saturated carbocycles. The summed E-state index contributed by atoms with van der Waals surface area (Å²) in [6, 6.07) is 8.08. The number of aliphatic hydroxyl groups is 1. The molecule has 5 rings (SSSR count). The van der Waals surface area contributed by atoms with Crippen molar-refractivity contribution >= 4 is 40.8 Å². The number of carbonyl (C=O) groups excluding carboxylic acids is 1. The molecule has 31 heavy (non-hydrogen) atoms. The highest BCUT2D eigenvalue weighted by molar-refractivity contribution is 6.03. The number of rotatable bonds is 3. The van der Waals surface area contributed by atoms with E-state index in [9.17, 15) is 9.90 Å². The summed E-state index contributed by atoms with van der Waals surface area (Å²) < 4.78 is 2.18. The first-order valence-electron chi connectivity index (χ1n) is 11.1. The van der Waals surface area contributed by atoms with E-state index in [4.69, 9.17) is 10.7 Å². The van der Waals surface area contributed by atoms with Crippen molar-refractivity contribution in [3.63, 3.8) is 0 Å². The first-order chi connectivity index (χ1) is 14.5. The summed E-state index contributed by atoms with van der Waals surface area (Å²) in [4.78, 5) is 19.9. The van der Waals surface area contributed by atoms with E-state index in [1.54, 1.807) is 0 Å². The van der Waals surface area contributed by atoms with Gasteiger partial charge < -0.3 is 15.7 Å². The zero-order valence-electron chi connectivity index (χ0n) is 18.1. The number of nitrogens with two attached hydrogens (primary N) is 1. The van der Waals surface area contributed by atoms with Crippen LogP contribution in [0.15, 0.2) is 24.3 Å². The second-order valence-corrected chi connectivity index (χ2v) is 9.30. The van der Waals surface area contributed by atoms with E-state index < -0.39 is 0 Å². The number of fused-ring (bicyclic) bond motifs is 4. The number of para-hydroxylation sites is 2. The molecule has 166 valence electrons. The Hall–Kier alpha value is -2.31. The molecule has 2 aliphatic rings. The second-order valence-electron chi connectivity index (χ2n) is 9.30. The number of aromatic nitrogens is 2. The lowest BCUT2D eigenvalue weighted by Gasteiger charge is -2.40. The normalized spacial score (nSPS) is 18.5. The van der Waals surface area contributed by atoms with Gasteiger partial charge in [-0.1, -0.05) is 25.5 Å². The molecule has 1 aliphatic heterocycles. The fraction of sp³-hybridized carbons (Fsp3) is 0.500. The summed E-state index contributed by atoms with van der Waals surface area (Å²) in [5, 5.41) is 9.83. The molecule has 0 unspecified atom stereocenters. The third-order valence-corrected chi connectivity index (χ3v) is 7.18. The lowest BCUT2D eigenvalue weighted by atomic mass is 9.81. The highest BCUT2D eigenvalue weighted by Crippen LogP contribution is 2.40. The Bertz CT molecular complexity index is 1130. The number of aliphatic hydroxyl groups excluding tert-OH is 1. The van der Waals surface area contributed by atoms with Crippen LogP contribution in [0.25, 0.3) is 16.7 Å². The number of anilines is 1. The van der Waals surface area contributed by atoms with E-state index in [2.05, 4.69) is 22.3 Å². The van der Waals surface area contributed by atoms with Gasteiger partial charge in [-0.15, -0.1) is 12.4 Å². The van der Waals surface area contributed by atoms with Gasteiger partial charge in [-0.05, 0) is 67.2 Å². The second kappa shape index (κ2) is 8.32. The van der Waals surface area contributed by atoms with Crippen molar-refractivity contribution < 1.29 is 9.90 Å². The Morgan fingerprint density at radius 1 is 1.13 bits per heavy atom. The van der Waals surface area contributed by atoms with E-state index in [1.807, 2.05) is 18.2 Å². The van der Waals surface area contributed by atoms with Gasteiger partial charge in [0.15, 0.2) is 5.65 Å². The number of halogens is 1. The minimum Gasteiger partial charge on any atom is -0.396 e. The Labute approximate surface area is 188 Å². The fourth-order valence-corrected chi connectivity index (χ4v) is 5.29. The molecule has 7 heteroatoms. The maximum Gasteiger partial charge on any atom is 0.252 e. The van der Waals surface area contributed by atoms with Crippen molar-refractivity contribution in [3.8, 4) is 0 Å². The van der Waals surface area contributed by atoms with Crippen LogP contribution in [0.2, 0.25) is 0 Å². The van der Waals surface area contributed by atoms with Gasteiger partial charge in [-0.25, -0.2) is 4.98 Å². The molecule has 2 aromatic heterocycles. The minimum absolute atomic E-state index is 0. The van der Waals surface area contributed by atoms with Crippen molar-refractivity contribution in [1.82, 2.24) is 9.38 Å². The third-order valence-electron chi connectivity index (χ3n) is 7.18. The molecule has 3 aromatic rings. The van der Waals surface area contributed by atoms with Gasteiger partial charge in [-0.3, -0.25) is 9.20 Å². The number of imidazole rings is 1. The van der Waals surface area contributed by atoms with E-state index >= 15 is 0 Å². The lowest BCUT2D eigenvalue weighted by Crippen LogP contribution is -2.42. The Kier molecular flexibility index (Phi) is 5.88. The molecule has 0 bridgehead atoms. The molecular formula is C24H31ClN4O2. The van der Waals surface area contributed by atoms with Crippen LogP contribution in [-0.4, -0.2) is 40.1 Å². The first-order valence-corrected chi connectivity index (χ1v) is 11.1. The Balaban J connectivity index is 0.00000231. The summed E-state index contributed by atoms with van der Waals surface area (Å²) in [6.45, 7) is 4.17. The SMILES string of the molecule is CC1(CO)CCN(c2c3c(c(C(N)=O)c4nc5ccccc5n24)CCCCC3)CC1.Cl. The quantitative estimate of drug-likeness (QED) is 0.603. The fourth-order valence-electron chi connectivity index (χ4n) is 5.29. The van der Waals surface area contributed by atoms with Crippen LogP contribution in [0.3, 0.4) is 0 Å². The van der Waals surface area contributed by atoms with Crippen molar-refractivity contribution in [2.75, 3.05) is 24.6 Å². The summed E-state index contributed by atoms with van der Waals surface area (Å²) in [6.07, 6.45) is 7.10. The number of carbonyl (C=O) groups is 1. The van der Waals surface area contributed by atoms with E-state index in [1.165, 1.54) is 11.4 Å². The largest absolute Gasteiger partial charge is 0.396 e. The van der Waals surface area contributed by atoms with Gasteiger partial charge in [0.25, 0.3) is 5.91 Å². The number of pyridine rings is 1. The molecule has 0 atom stereocenters. The number of nitrogens with zero attached hydrogens (tertiary/aromatic N) is 3. The predicted molar refractivity (Wildman–Crippen MR) is 126 cm³/mol. The summed E-state index contributed by atoms with van der Waals surface area (Å²) in [7, 11) is 0. The van der Waals surface area contributed by atoms with Crippen molar-refractivity contribution in [1.29, 1.82) is 0 Å². The standard InChI is InChI=1S/C24H30N4O2.ClH/c1-24(15-29)11-13-27(14-12-24)23-17-8-4-2-3-7-16(17)20(21(25)30)22-26-18-9-5-6-10-19(18)28(22)23;/h5-6,9-10,29H,2-4,7-8,11-15H2,1H3,(H2,25,30);1H. The van der Waals surface area contributed by atoms with E-state index in [0.29, 0.717) is 11.2 Å². The molecule has 1 amide bonds. The average Bonchev–Trinajstić information content (AvgIpc) is 2.95. The van der Waals surface area contributed by atoms with Gasteiger partial charge in [0, 0.05) is 19.7 Å². The zero-order chi connectivity index (χ0) is 20.9. The molecule has 1 saturated heterocycles. The highest BCUT2D eigenvalue weighted by atomic mass is 35.5. The number of benzene rings is 1. The summed E-state index contributed by atoms with van der Waals surface area (Å²) in [5.41, 5.74) is 11.5. The van der Waals surface area contributed by atoms with Crippen LogP contribution in [0.4, 0.5) is 5.82 Å². The molecular weight excluding hydrogens is 412 g/mol. The molecule has 6 nitrogen and oxygen atoms in total. The average molecular weight is 443 g/mol.